The largest absolute Gasteiger partial charge is 0.444 e. The summed E-state index contributed by atoms with van der Waals surface area (Å²) >= 11 is 1.76. The number of carbonyl (C=O) groups excluding carboxylic acids is 1. The molecule has 1 amide bonds. The molecule has 0 bridgehead atoms. The van der Waals surface area contributed by atoms with Gasteiger partial charge in [0.05, 0.1) is 0 Å². The first kappa shape index (κ1) is 16.8. The lowest BCUT2D eigenvalue weighted by molar-refractivity contribution is 0.0523. The van der Waals surface area contributed by atoms with E-state index in [0.717, 1.165) is 6.54 Å². The first-order valence-electron chi connectivity index (χ1n) is 7.50. The molecule has 0 fully saturated rings. The van der Waals surface area contributed by atoms with Crippen molar-refractivity contribution in [3.05, 3.63) is 35.2 Å². The molecule has 0 aliphatic rings. The fourth-order valence-corrected chi connectivity index (χ4v) is 3.04. The van der Waals surface area contributed by atoms with Crippen molar-refractivity contribution < 1.29 is 9.53 Å². The number of nitrogens with one attached hydrogen (secondary N) is 2. The number of alkyl carbamates (subject to hydrolysis) is 1. The van der Waals surface area contributed by atoms with E-state index < -0.39 is 5.60 Å². The second-order valence-electron chi connectivity index (χ2n) is 6.42. The molecule has 0 aliphatic carbocycles. The van der Waals surface area contributed by atoms with Crippen LogP contribution in [0.3, 0.4) is 0 Å². The number of thiophene rings is 1. The third-order valence-corrected chi connectivity index (χ3v) is 4.17. The quantitative estimate of drug-likeness (QED) is 0.878. The number of carbonyl (C=O) groups is 1. The van der Waals surface area contributed by atoms with E-state index in [1.165, 1.54) is 15.6 Å². The molecule has 1 atom stereocenters. The Bertz CT molecular complexity index is 631. The van der Waals surface area contributed by atoms with Crippen molar-refractivity contribution in [1.82, 2.24) is 10.6 Å². The fraction of sp³-hybridized carbons (Fsp3) is 0.471. The average Bonchev–Trinajstić information content (AvgIpc) is 2.84. The molecule has 5 heteroatoms. The van der Waals surface area contributed by atoms with E-state index in [0.29, 0.717) is 6.54 Å². The van der Waals surface area contributed by atoms with Crippen molar-refractivity contribution in [2.75, 3.05) is 6.54 Å². The zero-order chi connectivity index (χ0) is 16.2. The van der Waals surface area contributed by atoms with E-state index in [4.69, 9.17) is 4.74 Å². The van der Waals surface area contributed by atoms with E-state index in [2.05, 4.69) is 40.3 Å². The molecule has 1 aromatic heterocycles. The van der Waals surface area contributed by atoms with Gasteiger partial charge in [-0.1, -0.05) is 18.2 Å². The summed E-state index contributed by atoms with van der Waals surface area (Å²) < 4.78 is 6.52. The van der Waals surface area contributed by atoms with Gasteiger partial charge in [-0.2, -0.15) is 0 Å². The number of ether oxygens (including phenoxy) is 1. The highest BCUT2D eigenvalue weighted by molar-refractivity contribution is 7.17. The molecule has 2 rings (SSSR count). The molecule has 0 saturated carbocycles. The Kier molecular flexibility index (Phi) is 5.42. The fourth-order valence-electron chi connectivity index (χ4n) is 2.08. The molecular weight excluding hydrogens is 296 g/mol. The van der Waals surface area contributed by atoms with Crippen molar-refractivity contribution in [2.24, 2.45) is 0 Å². The van der Waals surface area contributed by atoms with Crippen molar-refractivity contribution in [3.8, 4) is 0 Å². The maximum absolute atomic E-state index is 11.6. The molecule has 1 unspecified atom stereocenters. The summed E-state index contributed by atoms with van der Waals surface area (Å²) in [6, 6.07) is 8.57. The summed E-state index contributed by atoms with van der Waals surface area (Å²) in [5.41, 5.74) is 0.834. The molecule has 4 nitrogen and oxygen atoms in total. The van der Waals surface area contributed by atoms with Crippen LogP contribution in [-0.4, -0.2) is 24.3 Å². The number of hydrogen-bond donors (Lipinski definition) is 2. The number of amides is 1. The van der Waals surface area contributed by atoms with E-state index in [1.807, 2.05) is 27.7 Å². The average molecular weight is 320 g/mol. The molecule has 1 heterocycles. The minimum absolute atomic E-state index is 0.172. The molecule has 0 spiro atoms. The molecule has 0 saturated heterocycles. The van der Waals surface area contributed by atoms with E-state index in [1.54, 1.807) is 11.3 Å². The molecule has 2 aromatic rings. The van der Waals surface area contributed by atoms with Crippen LogP contribution in [0.4, 0.5) is 4.79 Å². The Morgan fingerprint density at radius 1 is 1.32 bits per heavy atom. The third kappa shape index (κ3) is 5.00. The topological polar surface area (TPSA) is 50.4 Å². The predicted octanol–water partition coefficient (Wildman–Crippen LogP) is 3.90. The van der Waals surface area contributed by atoms with E-state index in [-0.39, 0.29) is 12.1 Å². The van der Waals surface area contributed by atoms with E-state index in [9.17, 15) is 4.79 Å². The van der Waals surface area contributed by atoms with Crippen LogP contribution in [0.25, 0.3) is 10.1 Å². The van der Waals surface area contributed by atoms with Crippen LogP contribution in [0.15, 0.2) is 29.6 Å². The Morgan fingerprint density at radius 3 is 2.77 bits per heavy atom. The smallest absolute Gasteiger partial charge is 0.407 e. The first-order chi connectivity index (χ1) is 10.3. The molecule has 0 radical (unpaired) electrons. The van der Waals surface area contributed by atoms with Crippen LogP contribution in [0, 0.1) is 0 Å². The highest BCUT2D eigenvalue weighted by atomic mass is 32.1. The summed E-state index contributed by atoms with van der Waals surface area (Å²) in [5.74, 6) is 0. The number of benzene rings is 1. The lowest BCUT2D eigenvalue weighted by atomic mass is 10.1. The number of hydrogen-bond acceptors (Lipinski definition) is 4. The van der Waals surface area contributed by atoms with Gasteiger partial charge in [-0.3, -0.25) is 0 Å². The van der Waals surface area contributed by atoms with Gasteiger partial charge in [0, 0.05) is 23.8 Å². The molecule has 120 valence electrons. The lowest BCUT2D eigenvalue weighted by Crippen LogP contribution is -2.40. The van der Waals surface area contributed by atoms with Gasteiger partial charge in [0.2, 0.25) is 0 Å². The molecular formula is C17H24N2O2S. The van der Waals surface area contributed by atoms with Crippen LogP contribution in [0.1, 0.15) is 33.3 Å². The highest BCUT2D eigenvalue weighted by Gasteiger charge is 2.16. The second-order valence-corrected chi connectivity index (χ2v) is 7.33. The summed E-state index contributed by atoms with van der Waals surface area (Å²) in [5, 5.41) is 9.70. The van der Waals surface area contributed by atoms with Gasteiger partial charge >= 0.3 is 6.09 Å². The van der Waals surface area contributed by atoms with Gasteiger partial charge < -0.3 is 15.4 Å². The number of rotatable bonds is 5. The Labute approximate surface area is 135 Å². The van der Waals surface area contributed by atoms with Crippen molar-refractivity contribution >= 4 is 27.5 Å². The van der Waals surface area contributed by atoms with Gasteiger partial charge in [-0.05, 0) is 50.1 Å². The highest BCUT2D eigenvalue weighted by Crippen LogP contribution is 2.25. The van der Waals surface area contributed by atoms with Crippen LogP contribution in [0.2, 0.25) is 0 Å². The number of fused-ring (bicyclic) bond motifs is 1. The standard InChI is InChI=1S/C17H24N2O2S/c1-12(9-19-16(20)21-17(2,3)4)18-10-13-11-22-15-8-6-5-7-14(13)15/h5-8,11-12,18H,9-10H2,1-4H3,(H,19,20). The monoisotopic (exact) mass is 320 g/mol. The molecule has 22 heavy (non-hydrogen) atoms. The predicted molar refractivity (Wildman–Crippen MR) is 92.4 cm³/mol. The zero-order valence-corrected chi connectivity index (χ0v) is 14.4. The van der Waals surface area contributed by atoms with Crippen molar-refractivity contribution in [3.63, 3.8) is 0 Å². The van der Waals surface area contributed by atoms with Crippen LogP contribution in [-0.2, 0) is 11.3 Å². The summed E-state index contributed by atoms with van der Waals surface area (Å²) in [6.07, 6.45) is -0.373. The third-order valence-electron chi connectivity index (χ3n) is 3.15. The van der Waals surface area contributed by atoms with Crippen LogP contribution < -0.4 is 10.6 Å². The second kappa shape index (κ2) is 7.11. The molecule has 0 aliphatic heterocycles. The summed E-state index contributed by atoms with van der Waals surface area (Å²) in [7, 11) is 0. The van der Waals surface area contributed by atoms with Gasteiger partial charge in [-0.15, -0.1) is 11.3 Å². The normalized spacial score (nSPS) is 13.1. The van der Waals surface area contributed by atoms with Gasteiger partial charge in [0.25, 0.3) is 0 Å². The maximum Gasteiger partial charge on any atom is 0.407 e. The molecule has 2 N–H and O–H groups in total. The van der Waals surface area contributed by atoms with E-state index >= 15 is 0 Å². The van der Waals surface area contributed by atoms with Crippen molar-refractivity contribution in [1.29, 1.82) is 0 Å². The Balaban J connectivity index is 1.78. The summed E-state index contributed by atoms with van der Waals surface area (Å²) in [6.45, 7) is 8.95. The van der Waals surface area contributed by atoms with Gasteiger partial charge in [-0.25, -0.2) is 4.79 Å². The maximum atomic E-state index is 11.6. The van der Waals surface area contributed by atoms with Gasteiger partial charge in [0.15, 0.2) is 0 Å². The SMILES string of the molecule is CC(CNC(=O)OC(C)(C)C)NCc1csc2ccccc12. The van der Waals surface area contributed by atoms with Crippen molar-refractivity contribution in [2.45, 2.75) is 45.9 Å². The lowest BCUT2D eigenvalue weighted by Gasteiger charge is -2.21. The van der Waals surface area contributed by atoms with Crippen LogP contribution >= 0.6 is 11.3 Å². The van der Waals surface area contributed by atoms with Gasteiger partial charge in [0.1, 0.15) is 5.60 Å². The first-order valence-corrected chi connectivity index (χ1v) is 8.38. The zero-order valence-electron chi connectivity index (χ0n) is 13.6. The minimum atomic E-state index is -0.462. The Hall–Kier alpha value is -1.59. The minimum Gasteiger partial charge on any atom is -0.444 e. The Morgan fingerprint density at radius 2 is 2.05 bits per heavy atom. The molecule has 1 aromatic carbocycles. The van der Waals surface area contributed by atoms with Crippen LogP contribution in [0.5, 0.6) is 0 Å². The summed E-state index contributed by atoms with van der Waals surface area (Å²) in [4.78, 5) is 11.6.